The Morgan fingerprint density at radius 2 is 2.15 bits per heavy atom. The maximum absolute atomic E-state index is 5.12. The molecule has 3 aromatic rings. The van der Waals surface area contributed by atoms with Gasteiger partial charge in [-0.05, 0) is 19.1 Å². The summed E-state index contributed by atoms with van der Waals surface area (Å²) in [7, 11) is 1.58. The number of hydrogen-bond donors (Lipinski definition) is 0. The van der Waals surface area contributed by atoms with Gasteiger partial charge >= 0.3 is 0 Å². The molecule has 0 fully saturated rings. The third kappa shape index (κ3) is 2.23. The maximum Gasteiger partial charge on any atom is 0.216 e. The van der Waals surface area contributed by atoms with Crippen LogP contribution in [0, 0.1) is 6.92 Å². The van der Waals surface area contributed by atoms with Crippen LogP contribution in [0.4, 0.5) is 0 Å². The van der Waals surface area contributed by atoms with Gasteiger partial charge in [0.15, 0.2) is 0 Å². The molecule has 0 N–H and O–H groups in total. The summed E-state index contributed by atoms with van der Waals surface area (Å²) >= 11 is 0. The van der Waals surface area contributed by atoms with Crippen molar-refractivity contribution in [3.8, 4) is 22.8 Å². The fraction of sp³-hybridized carbons (Fsp3) is 0.143. The largest absolute Gasteiger partial charge is 0.481 e. The molecule has 3 rings (SSSR count). The third-order valence-corrected chi connectivity index (χ3v) is 2.94. The minimum absolute atomic E-state index is 0.531. The zero-order valence-electron chi connectivity index (χ0n) is 11.2. The van der Waals surface area contributed by atoms with E-state index >= 15 is 0 Å². The van der Waals surface area contributed by atoms with E-state index in [1.54, 1.807) is 30.3 Å². The van der Waals surface area contributed by atoms with Crippen LogP contribution < -0.4 is 4.74 Å². The Kier molecular flexibility index (Phi) is 3.12. The average molecular weight is 267 g/mol. The van der Waals surface area contributed by atoms with Crippen LogP contribution in [0.2, 0.25) is 0 Å². The highest BCUT2D eigenvalue weighted by atomic mass is 16.5. The van der Waals surface area contributed by atoms with Gasteiger partial charge in [-0.2, -0.15) is 5.10 Å². The summed E-state index contributed by atoms with van der Waals surface area (Å²) in [4.78, 5) is 12.4. The van der Waals surface area contributed by atoms with E-state index in [-0.39, 0.29) is 0 Å². The van der Waals surface area contributed by atoms with Gasteiger partial charge < -0.3 is 4.74 Å². The number of pyridine rings is 1. The van der Waals surface area contributed by atoms with Gasteiger partial charge in [-0.3, -0.25) is 4.98 Å². The van der Waals surface area contributed by atoms with Crippen LogP contribution in [-0.4, -0.2) is 31.8 Å². The molecule has 100 valence electrons. The van der Waals surface area contributed by atoms with Crippen molar-refractivity contribution in [2.45, 2.75) is 6.92 Å². The molecule has 0 radical (unpaired) electrons. The quantitative estimate of drug-likeness (QED) is 0.726. The molecule has 0 spiro atoms. The number of aromatic nitrogens is 5. The van der Waals surface area contributed by atoms with E-state index in [0.717, 1.165) is 22.6 Å². The van der Waals surface area contributed by atoms with E-state index in [0.29, 0.717) is 5.88 Å². The predicted molar refractivity (Wildman–Crippen MR) is 73.7 cm³/mol. The zero-order chi connectivity index (χ0) is 13.9. The normalized spacial score (nSPS) is 10.5. The Morgan fingerprint density at radius 1 is 1.25 bits per heavy atom. The van der Waals surface area contributed by atoms with Crippen molar-refractivity contribution in [3.63, 3.8) is 0 Å². The van der Waals surface area contributed by atoms with Crippen LogP contribution in [0.5, 0.6) is 5.88 Å². The molecule has 0 aliphatic heterocycles. The summed E-state index contributed by atoms with van der Waals surface area (Å²) in [6.07, 6.45) is 6.90. The Labute approximate surface area is 116 Å². The first kappa shape index (κ1) is 12.3. The lowest BCUT2D eigenvalue weighted by Gasteiger charge is -2.01. The van der Waals surface area contributed by atoms with Crippen LogP contribution in [0.1, 0.15) is 5.69 Å². The monoisotopic (exact) mass is 267 g/mol. The molecule has 6 heteroatoms. The second kappa shape index (κ2) is 5.08. The topological polar surface area (TPSA) is 65.7 Å². The van der Waals surface area contributed by atoms with Gasteiger partial charge in [-0.1, -0.05) is 0 Å². The average Bonchev–Trinajstić information content (AvgIpc) is 2.90. The van der Waals surface area contributed by atoms with Crippen molar-refractivity contribution in [2.75, 3.05) is 7.11 Å². The second-order valence-electron chi connectivity index (χ2n) is 4.23. The van der Waals surface area contributed by atoms with Gasteiger partial charge in [0.2, 0.25) is 5.88 Å². The first-order valence-electron chi connectivity index (χ1n) is 6.11. The van der Waals surface area contributed by atoms with Crippen LogP contribution in [0.25, 0.3) is 16.9 Å². The number of nitrogens with zero attached hydrogens (tertiary/aromatic N) is 5. The molecule has 6 nitrogen and oxygen atoms in total. The minimum atomic E-state index is 0.531. The van der Waals surface area contributed by atoms with E-state index in [1.165, 1.54) is 6.33 Å². The van der Waals surface area contributed by atoms with E-state index in [4.69, 9.17) is 4.74 Å². The minimum Gasteiger partial charge on any atom is -0.481 e. The number of methoxy groups -OCH3 is 1. The molecule has 0 saturated carbocycles. The van der Waals surface area contributed by atoms with E-state index < -0.39 is 0 Å². The van der Waals surface area contributed by atoms with E-state index in [1.807, 2.05) is 25.3 Å². The molecule has 0 atom stereocenters. The molecule has 0 aromatic carbocycles. The van der Waals surface area contributed by atoms with Gasteiger partial charge in [0.05, 0.1) is 30.4 Å². The highest BCUT2D eigenvalue weighted by molar-refractivity contribution is 5.62. The highest BCUT2D eigenvalue weighted by Gasteiger charge is 2.11. The Hall–Kier alpha value is -2.76. The number of rotatable bonds is 3. The summed E-state index contributed by atoms with van der Waals surface area (Å²) in [6.45, 7) is 1.94. The maximum atomic E-state index is 5.12. The molecule has 0 unspecified atom stereocenters. The van der Waals surface area contributed by atoms with Crippen LogP contribution in [0.15, 0.2) is 43.1 Å². The number of aryl methyl sites for hydroxylation is 1. The van der Waals surface area contributed by atoms with Crippen molar-refractivity contribution in [3.05, 3.63) is 48.8 Å². The number of ether oxygens (including phenoxy) is 1. The van der Waals surface area contributed by atoms with Crippen molar-refractivity contribution >= 4 is 0 Å². The molecule has 0 saturated heterocycles. The molecule has 0 bridgehead atoms. The van der Waals surface area contributed by atoms with Crippen LogP contribution in [0.3, 0.4) is 0 Å². The summed E-state index contributed by atoms with van der Waals surface area (Å²) in [6, 6.07) is 5.61. The van der Waals surface area contributed by atoms with Crippen LogP contribution >= 0.6 is 0 Å². The van der Waals surface area contributed by atoms with E-state index in [2.05, 4.69) is 20.1 Å². The van der Waals surface area contributed by atoms with Gasteiger partial charge in [0.25, 0.3) is 0 Å². The molecular formula is C14H13N5O. The first-order valence-corrected chi connectivity index (χ1v) is 6.11. The summed E-state index contributed by atoms with van der Waals surface area (Å²) < 4.78 is 6.90. The molecular weight excluding hydrogens is 254 g/mol. The van der Waals surface area contributed by atoms with Gasteiger partial charge in [-0.25, -0.2) is 14.6 Å². The highest BCUT2D eigenvalue weighted by Crippen LogP contribution is 2.23. The lowest BCUT2D eigenvalue weighted by atomic mass is 10.2. The Morgan fingerprint density at radius 3 is 2.90 bits per heavy atom. The van der Waals surface area contributed by atoms with Gasteiger partial charge in [0, 0.05) is 24.0 Å². The van der Waals surface area contributed by atoms with Gasteiger partial charge in [-0.15, -0.1) is 0 Å². The molecule has 0 amide bonds. The molecule has 3 aromatic heterocycles. The summed E-state index contributed by atoms with van der Waals surface area (Å²) in [5, 5.41) is 4.49. The molecule has 0 aliphatic carbocycles. The van der Waals surface area contributed by atoms with E-state index in [9.17, 15) is 0 Å². The fourth-order valence-electron chi connectivity index (χ4n) is 1.93. The number of hydrogen-bond acceptors (Lipinski definition) is 5. The zero-order valence-corrected chi connectivity index (χ0v) is 11.2. The molecule has 0 aliphatic rings. The molecule has 3 heterocycles. The first-order chi connectivity index (χ1) is 9.78. The van der Waals surface area contributed by atoms with Crippen molar-refractivity contribution in [1.82, 2.24) is 24.7 Å². The smallest absolute Gasteiger partial charge is 0.216 e. The Bertz CT molecular complexity index is 723. The van der Waals surface area contributed by atoms with Crippen molar-refractivity contribution in [1.29, 1.82) is 0 Å². The fourth-order valence-corrected chi connectivity index (χ4v) is 1.93. The summed E-state index contributed by atoms with van der Waals surface area (Å²) in [5.41, 5.74) is 3.51. The predicted octanol–water partition coefficient (Wildman–Crippen LogP) is 2.04. The SMILES string of the molecule is COc1cc(-c2cn(-c3cccnc3)nc2C)ncn1. The van der Waals surface area contributed by atoms with Crippen molar-refractivity contribution in [2.24, 2.45) is 0 Å². The molecule has 20 heavy (non-hydrogen) atoms. The Balaban J connectivity index is 2.05. The van der Waals surface area contributed by atoms with Crippen molar-refractivity contribution < 1.29 is 4.74 Å². The van der Waals surface area contributed by atoms with Gasteiger partial charge in [0.1, 0.15) is 6.33 Å². The summed E-state index contributed by atoms with van der Waals surface area (Å²) in [5.74, 6) is 0.531. The third-order valence-electron chi connectivity index (χ3n) is 2.94. The lowest BCUT2D eigenvalue weighted by molar-refractivity contribution is 0.397. The second-order valence-corrected chi connectivity index (χ2v) is 4.23. The standard InChI is InChI=1S/C14H13N5O/c1-10-12(13-6-14(20-2)17-9-16-13)8-19(18-10)11-4-3-5-15-7-11/h3-9H,1-2H3. The van der Waals surface area contributed by atoms with Crippen LogP contribution in [-0.2, 0) is 0 Å². The lowest BCUT2D eigenvalue weighted by Crippen LogP contribution is -1.94.